The molecule has 21 heavy (non-hydrogen) atoms. The molecule has 0 saturated carbocycles. The van der Waals surface area contributed by atoms with Crippen molar-refractivity contribution in [1.29, 1.82) is 0 Å². The number of nitrogens with zero attached hydrogens (tertiary/aromatic N) is 2. The summed E-state index contributed by atoms with van der Waals surface area (Å²) >= 11 is 0. The lowest BCUT2D eigenvalue weighted by atomic mass is 10.4. The van der Waals surface area contributed by atoms with Crippen LogP contribution in [-0.2, 0) is 22.6 Å². The highest BCUT2D eigenvalue weighted by molar-refractivity contribution is 5.04. The van der Waals surface area contributed by atoms with E-state index in [4.69, 9.17) is 4.74 Å². The smallest absolute Gasteiger partial charge is 0.383 e. The van der Waals surface area contributed by atoms with Gasteiger partial charge in [-0.15, -0.1) is 0 Å². The zero-order valence-corrected chi connectivity index (χ0v) is 12.4. The summed E-state index contributed by atoms with van der Waals surface area (Å²) in [5.74, 6) is 0.842. The van der Waals surface area contributed by atoms with Crippen LogP contribution in [0.5, 0.6) is 0 Å². The average Bonchev–Trinajstić information content (AvgIpc) is 2.74. The minimum absolute atomic E-state index is 0.0771. The quantitative estimate of drug-likeness (QED) is 0.671. The van der Waals surface area contributed by atoms with Gasteiger partial charge in [0.1, 0.15) is 12.4 Å². The van der Waals surface area contributed by atoms with E-state index in [0.29, 0.717) is 26.1 Å². The molecule has 1 heterocycles. The summed E-state index contributed by atoms with van der Waals surface area (Å²) < 4.78 is 47.3. The van der Waals surface area contributed by atoms with Gasteiger partial charge in [0.25, 0.3) is 0 Å². The van der Waals surface area contributed by atoms with Crippen molar-refractivity contribution in [3.8, 4) is 0 Å². The van der Waals surface area contributed by atoms with Gasteiger partial charge >= 0.3 is 6.18 Å². The van der Waals surface area contributed by atoms with Crippen LogP contribution in [0, 0.1) is 6.92 Å². The highest BCUT2D eigenvalue weighted by atomic mass is 19.4. The van der Waals surface area contributed by atoms with Crippen LogP contribution in [0.25, 0.3) is 0 Å². The molecule has 1 aromatic rings. The molecule has 0 aliphatic heterocycles. The maximum absolute atomic E-state index is 11.9. The molecule has 1 aromatic heterocycles. The van der Waals surface area contributed by atoms with Crippen LogP contribution in [0.4, 0.5) is 13.2 Å². The van der Waals surface area contributed by atoms with Crippen molar-refractivity contribution >= 4 is 0 Å². The predicted molar refractivity (Wildman–Crippen MR) is 72.0 cm³/mol. The molecule has 0 spiro atoms. The summed E-state index contributed by atoms with van der Waals surface area (Å²) in [7, 11) is 1.64. The third kappa shape index (κ3) is 7.45. The lowest BCUT2D eigenvalue weighted by Crippen LogP contribution is -2.21. The fraction of sp³-hybridized carbons (Fsp3) is 0.769. The van der Waals surface area contributed by atoms with Crippen molar-refractivity contribution in [2.24, 2.45) is 0 Å². The van der Waals surface area contributed by atoms with Gasteiger partial charge in [0, 0.05) is 39.5 Å². The maximum atomic E-state index is 11.9. The van der Waals surface area contributed by atoms with Crippen molar-refractivity contribution in [3.63, 3.8) is 0 Å². The van der Waals surface area contributed by atoms with Crippen LogP contribution in [0.1, 0.15) is 17.9 Å². The second-order valence-electron chi connectivity index (χ2n) is 4.64. The summed E-state index contributed by atoms with van der Waals surface area (Å²) in [6.45, 7) is 3.34. The van der Waals surface area contributed by atoms with E-state index in [1.165, 1.54) is 0 Å². The van der Waals surface area contributed by atoms with Gasteiger partial charge in [-0.2, -0.15) is 13.2 Å². The Hall–Kier alpha value is -1.12. The number of aromatic nitrogens is 2. The van der Waals surface area contributed by atoms with E-state index >= 15 is 0 Å². The number of ether oxygens (including phenoxy) is 2. The number of hydrogen-bond acceptors (Lipinski definition) is 4. The molecule has 8 heteroatoms. The highest BCUT2D eigenvalue weighted by Crippen LogP contribution is 2.14. The van der Waals surface area contributed by atoms with E-state index in [1.54, 1.807) is 13.3 Å². The largest absolute Gasteiger partial charge is 0.411 e. The topological polar surface area (TPSA) is 48.3 Å². The Bertz CT molecular complexity index is 408. The Morgan fingerprint density at radius 2 is 2.10 bits per heavy atom. The predicted octanol–water partition coefficient (Wildman–Crippen LogP) is 1.90. The van der Waals surface area contributed by atoms with Gasteiger partial charge in [-0.3, -0.25) is 0 Å². The third-order valence-electron chi connectivity index (χ3n) is 2.86. The van der Waals surface area contributed by atoms with Crippen LogP contribution >= 0.6 is 0 Å². The van der Waals surface area contributed by atoms with Crippen molar-refractivity contribution in [3.05, 3.63) is 17.7 Å². The Kier molecular flexibility index (Phi) is 7.69. The van der Waals surface area contributed by atoms with Gasteiger partial charge in [-0.05, 0) is 13.3 Å². The zero-order valence-electron chi connectivity index (χ0n) is 12.4. The van der Waals surface area contributed by atoms with E-state index < -0.39 is 12.8 Å². The number of alkyl halides is 3. The van der Waals surface area contributed by atoms with E-state index in [9.17, 15) is 13.2 Å². The van der Waals surface area contributed by atoms with E-state index in [0.717, 1.165) is 18.1 Å². The molecule has 122 valence electrons. The summed E-state index contributed by atoms with van der Waals surface area (Å²) in [6.07, 6.45) is -1.98. The van der Waals surface area contributed by atoms with Crippen molar-refractivity contribution in [2.75, 3.05) is 33.5 Å². The number of rotatable bonds is 10. The Morgan fingerprint density at radius 3 is 2.76 bits per heavy atom. The molecule has 0 amide bonds. The van der Waals surface area contributed by atoms with Crippen LogP contribution in [-0.4, -0.2) is 49.2 Å². The number of nitrogens with one attached hydrogen (secondary N) is 1. The van der Waals surface area contributed by atoms with Crippen molar-refractivity contribution in [1.82, 2.24) is 14.9 Å². The lowest BCUT2D eigenvalue weighted by Gasteiger charge is -2.12. The van der Waals surface area contributed by atoms with E-state index in [2.05, 4.69) is 15.0 Å². The fourth-order valence-electron chi connectivity index (χ4n) is 1.86. The number of imidazole rings is 1. The molecular weight excluding hydrogens is 287 g/mol. The second-order valence-corrected chi connectivity index (χ2v) is 4.64. The molecule has 0 atom stereocenters. The molecule has 1 rings (SSSR count). The van der Waals surface area contributed by atoms with Gasteiger partial charge < -0.3 is 19.4 Å². The average molecular weight is 309 g/mol. The SMILES string of the molecule is COCCNCc1cnc(C)n1CCCOCC(F)(F)F. The molecule has 0 bridgehead atoms. The molecule has 0 aliphatic rings. The number of hydrogen-bond donors (Lipinski definition) is 1. The molecule has 0 saturated heterocycles. The summed E-state index contributed by atoms with van der Waals surface area (Å²) in [5.41, 5.74) is 0.999. The van der Waals surface area contributed by atoms with Crippen LogP contribution in [0.15, 0.2) is 6.20 Å². The minimum Gasteiger partial charge on any atom is -0.383 e. The minimum atomic E-state index is -4.26. The molecule has 0 aromatic carbocycles. The molecule has 1 N–H and O–H groups in total. The summed E-state index contributed by atoms with van der Waals surface area (Å²) in [5, 5.41) is 3.21. The number of aryl methyl sites for hydroxylation is 1. The van der Waals surface area contributed by atoms with Gasteiger partial charge in [-0.25, -0.2) is 4.98 Å². The Morgan fingerprint density at radius 1 is 1.33 bits per heavy atom. The molecule has 0 radical (unpaired) electrons. The number of methoxy groups -OCH3 is 1. The van der Waals surface area contributed by atoms with Crippen LogP contribution in [0.3, 0.4) is 0 Å². The first-order chi connectivity index (χ1) is 9.94. The monoisotopic (exact) mass is 309 g/mol. The Balaban J connectivity index is 2.31. The third-order valence-corrected chi connectivity index (χ3v) is 2.86. The first-order valence-corrected chi connectivity index (χ1v) is 6.79. The molecule has 0 aliphatic carbocycles. The normalized spacial score (nSPS) is 12.0. The van der Waals surface area contributed by atoms with E-state index in [1.807, 2.05) is 11.5 Å². The fourth-order valence-corrected chi connectivity index (χ4v) is 1.86. The summed E-state index contributed by atoms with van der Waals surface area (Å²) in [6, 6.07) is 0. The Labute approximate surface area is 122 Å². The van der Waals surface area contributed by atoms with Crippen molar-refractivity contribution < 1.29 is 22.6 Å². The summed E-state index contributed by atoms with van der Waals surface area (Å²) in [4.78, 5) is 4.22. The first kappa shape index (κ1) is 17.9. The van der Waals surface area contributed by atoms with Crippen molar-refractivity contribution in [2.45, 2.75) is 32.6 Å². The lowest BCUT2D eigenvalue weighted by molar-refractivity contribution is -0.174. The maximum Gasteiger partial charge on any atom is 0.411 e. The number of halogens is 3. The van der Waals surface area contributed by atoms with E-state index in [-0.39, 0.29) is 6.61 Å². The van der Waals surface area contributed by atoms with Crippen LogP contribution < -0.4 is 5.32 Å². The van der Waals surface area contributed by atoms with Gasteiger partial charge in [0.05, 0.1) is 12.3 Å². The van der Waals surface area contributed by atoms with Gasteiger partial charge in [0.15, 0.2) is 0 Å². The first-order valence-electron chi connectivity index (χ1n) is 6.79. The highest BCUT2D eigenvalue weighted by Gasteiger charge is 2.27. The van der Waals surface area contributed by atoms with Crippen LogP contribution in [0.2, 0.25) is 0 Å². The zero-order chi connectivity index (χ0) is 15.7. The standard InChI is InChI=1S/C13H22F3N3O2/c1-11-18-9-12(8-17-4-7-20-2)19(11)5-3-6-21-10-13(14,15)16/h9,17H,3-8,10H2,1-2H3. The van der Waals surface area contributed by atoms with Gasteiger partial charge in [-0.1, -0.05) is 0 Å². The molecule has 0 fully saturated rings. The molecular formula is C13H22F3N3O2. The molecule has 0 unspecified atom stereocenters. The second kappa shape index (κ2) is 9.01. The molecule has 5 nitrogen and oxygen atoms in total. The van der Waals surface area contributed by atoms with Gasteiger partial charge in [0.2, 0.25) is 0 Å².